The SMILES string of the molecule is O=S(=O)(O)C(F)(F)F.O=c1ccc2ccccc2o1. The van der Waals surface area contributed by atoms with Gasteiger partial charge in [-0.15, -0.1) is 0 Å². The number of para-hydroxylation sites is 1. The van der Waals surface area contributed by atoms with Gasteiger partial charge in [-0.1, -0.05) is 18.2 Å². The molecule has 0 fully saturated rings. The lowest BCUT2D eigenvalue weighted by Gasteiger charge is -1.97. The molecule has 0 saturated carbocycles. The van der Waals surface area contributed by atoms with Gasteiger partial charge in [0.2, 0.25) is 0 Å². The molecule has 0 radical (unpaired) electrons. The molecule has 0 unspecified atom stereocenters. The van der Waals surface area contributed by atoms with E-state index in [9.17, 15) is 18.0 Å². The summed E-state index contributed by atoms with van der Waals surface area (Å²) in [5.74, 6) is 0. The number of alkyl halides is 3. The molecule has 1 heterocycles. The standard InChI is InChI=1S/C9H6O2.CHF3O3S/c10-9-6-5-7-3-1-2-4-8(7)11-9;2-1(3,4)8(5,6)7/h1-6H;(H,5,6,7). The van der Waals surface area contributed by atoms with E-state index in [0.29, 0.717) is 5.58 Å². The van der Waals surface area contributed by atoms with Gasteiger partial charge in [-0.2, -0.15) is 21.6 Å². The van der Waals surface area contributed by atoms with Crippen LogP contribution in [0.2, 0.25) is 0 Å². The molecule has 0 saturated heterocycles. The second-order valence-corrected chi connectivity index (χ2v) is 4.63. The van der Waals surface area contributed by atoms with Gasteiger partial charge < -0.3 is 4.42 Å². The summed E-state index contributed by atoms with van der Waals surface area (Å²) < 4.78 is 62.4. The van der Waals surface area contributed by atoms with Crippen LogP contribution in [0.4, 0.5) is 13.2 Å². The Balaban J connectivity index is 0.000000203. The smallest absolute Gasteiger partial charge is 0.423 e. The third-order valence-electron chi connectivity index (χ3n) is 1.82. The van der Waals surface area contributed by atoms with Crippen LogP contribution in [0.5, 0.6) is 0 Å². The van der Waals surface area contributed by atoms with Crippen LogP contribution in [0.1, 0.15) is 0 Å². The molecular weight excluding hydrogens is 289 g/mol. The average Bonchev–Trinajstić information content (AvgIpc) is 2.27. The molecule has 0 spiro atoms. The van der Waals surface area contributed by atoms with Gasteiger partial charge in [-0.3, -0.25) is 4.55 Å². The Morgan fingerprint density at radius 3 is 2.11 bits per heavy atom. The molecule has 104 valence electrons. The number of halogens is 3. The third-order valence-corrected chi connectivity index (χ3v) is 2.41. The Morgan fingerprint density at radius 1 is 1.05 bits per heavy atom. The Kier molecular flexibility index (Phi) is 4.32. The molecular formula is C10H7F3O5S. The Morgan fingerprint density at radius 2 is 1.58 bits per heavy atom. The number of rotatable bonds is 0. The van der Waals surface area contributed by atoms with E-state index in [4.69, 9.17) is 17.4 Å². The summed E-state index contributed by atoms with van der Waals surface area (Å²) in [6.07, 6.45) is 0. The summed E-state index contributed by atoms with van der Waals surface area (Å²) in [6, 6.07) is 10.6. The first-order chi connectivity index (χ1) is 8.61. The molecule has 5 nitrogen and oxygen atoms in total. The molecule has 1 N–H and O–H groups in total. The molecule has 9 heteroatoms. The zero-order valence-electron chi connectivity index (χ0n) is 9.09. The second-order valence-electron chi connectivity index (χ2n) is 3.21. The molecule has 0 amide bonds. The largest absolute Gasteiger partial charge is 0.522 e. The summed E-state index contributed by atoms with van der Waals surface area (Å²) in [5.41, 5.74) is -5.20. The number of fused-ring (bicyclic) bond motifs is 1. The minimum Gasteiger partial charge on any atom is -0.423 e. The van der Waals surface area contributed by atoms with Gasteiger partial charge in [-0.25, -0.2) is 4.79 Å². The van der Waals surface area contributed by atoms with Crippen molar-refractivity contribution in [3.8, 4) is 0 Å². The van der Waals surface area contributed by atoms with Gasteiger partial charge in [0.15, 0.2) is 0 Å². The molecule has 0 atom stereocenters. The van der Waals surface area contributed by atoms with Crippen molar-refractivity contribution in [1.82, 2.24) is 0 Å². The lowest BCUT2D eigenvalue weighted by Crippen LogP contribution is -2.21. The van der Waals surface area contributed by atoms with E-state index in [1.165, 1.54) is 6.07 Å². The van der Waals surface area contributed by atoms with E-state index < -0.39 is 15.6 Å². The summed E-state index contributed by atoms with van der Waals surface area (Å²) in [6.45, 7) is 0. The number of benzene rings is 1. The zero-order valence-corrected chi connectivity index (χ0v) is 9.90. The van der Waals surface area contributed by atoms with Crippen LogP contribution in [0.3, 0.4) is 0 Å². The van der Waals surface area contributed by atoms with Crippen molar-refractivity contribution in [2.45, 2.75) is 5.51 Å². The van der Waals surface area contributed by atoms with Crippen molar-refractivity contribution in [2.75, 3.05) is 0 Å². The molecule has 0 aliphatic carbocycles. The molecule has 2 rings (SSSR count). The summed E-state index contributed by atoms with van der Waals surface area (Å²) >= 11 is 0. The summed E-state index contributed by atoms with van der Waals surface area (Å²) in [4.78, 5) is 10.7. The fourth-order valence-electron chi connectivity index (χ4n) is 1.01. The van der Waals surface area contributed by atoms with Crippen LogP contribution in [-0.2, 0) is 10.1 Å². The fraction of sp³-hybridized carbons (Fsp3) is 0.100. The maximum absolute atomic E-state index is 10.7. The highest BCUT2D eigenvalue weighted by molar-refractivity contribution is 7.86. The lowest BCUT2D eigenvalue weighted by atomic mass is 10.2. The van der Waals surface area contributed by atoms with E-state index in [2.05, 4.69) is 0 Å². The normalized spacial score (nSPS) is 11.8. The highest BCUT2D eigenvalue weighted by Crippen LogP contribution is 2.20. The van der Waals surface area contributed by atoms with Crippen LogP contribution >= 0.6 is 0 Å². The van der Waals surface area contributed by atoms with E-state index >= 15 is 0 Å². The Bertz CT molecular complexity index is 718. The van der Waals surface area contributed by atoms with Crippen LogP contribution in [0, 0.1) is 0 Å². The fourth-order valence-corrected chi connectivity index (χ4v) is 1.01. The second kappa shape index (κ2) is 5.41. The van der Waals surface area contributed by atoms with Crippen molar-refractivity contribution >= 4 is 21.1 Å². The predicted molar refractivity (Wildman–Crippen MR) is 60.1 cm³/mol. The Labute approximate surface area is 105 Å². The van der Waals surface area contributed by atoms with Gasteiger partial charge >= 0.3 is 21.3 Å². The van der Waals surface area contributed by atoms with Gasteiger partial charge in [0.1, 0.15) is 5.58 Å². The first-order valence-corrected chi connectivity index (χ1v) is 6.08. The van der Waals surface area contributed by atoms with Gasteiger partial charge in [0.25, 0.3) is 0 Å². The van der Waals surface area contributed by atoms with Crippen LogP contribution < -0.4 is 5.63 Å². The highest BCUT2D eigenvalue weighted by Gasteiger charge is 2.44. The van der Waals surface area contributed by atoms with Crippen molar-refractivity contribution < 1.29 is 30.6 Å². The maximum atomic E-state index is 10.7. The van der Waals surface area contributed by atoms with Gasteiger partial charge in [-0.05, 0) is 12.1 Å². The molecule has 1 aromatic carbocycles. The lowest BCUT2D eigenvalue weighted by molar-refractivity contribution is -0.0510. The molecule has 0 bridgehead atoms. The minimum absolute atomic E-state index is 0.302. The predicted octanol–water partition coefficient (Wildman–Crippen LogP) is 2.19. The van der Waals surface area contributed by atoms with Crippen molar-refractivity contribution in [2.24, 2.45) is 0 Å². The van der Waals surface area contributed by atoms with Crippen molar-refractivity contribution in [1.29, 1.82) is 0 Å². The van der Waals surface area contributed by atoms with Crippen LogP contribution in [0.15, 0.2) is 45.6 Å². The summed E-state index contributed by atoms with van der Waals surface area (Å²) in [7, 11) is -5.84. The van der Waals surface area contributed by atoms with Crippen molar-refractivity contribution in [3.63, 3.8) is 0 Å². The van der Waals surface area contributed by atoms with Crippen LogP contribution in [-0.4, -0.2) is 18.5 Å². The Hall–Kier alpha value is -1.87. The van der Waals surface area contributed by atoms with Gasteiger partial charge in [0, 0.05) is 11.5 Å². The average molecular weight is 296 g/mol. The summed E-state index contributed by atoms with van der Waals surface area (Å²) in [5, 5.41) is 0.951. The van der Waals surface area contributed by atoms with E-state index in [1.54, 1.807) is 12.1 Å². The van der Waals surface area contributed by atoms with Crippen LogP contribution in [0.25, 0.3) is 11.0 Å². The zero-order chi connectivity index (χ0) is 14.7. The first-order valence-electron chi connectivity index (χ1n) is 4.64. The van der Waals surface area contributed by atoms with E-state index in [1.807, 2.05) is 18.2 Å². The molecule has 19 heavy (non-hydrogen) atoms. The molecule has 0 aliphatic rings. The number of hydrogen-bond acceptors (Lipinski definition) is 4. The molecule has 2 aromatic rings. The topological polar surface area (TPSA) is 84.6 Å². The number of hydrogen-bond donors (Lipinski definition) is 1. The highest BCUT2D eigenvalue weighted by atomic mass is 32.2. The maximum Gasteiger partial charge on any atom is 0.522 e. The van der Waals surface area contributed by atoms with E-state index in [0.717, 1.165) is 5.39 Å². The van der Waals surface area contributed by atoms with E-state index in [-0.39, 0.29) is 5.63 Å². The minimum atomic E-state index is -5.84. The third kappa shape index (κ3) is 4.38. The van der Waals surface area contributed by atoms with Crippen molar-refractivity contribution in [3.05, 3.63) is 46.8 Å². The molecule has 0 aliphatic heterocycles. The monoisotopic (exact) mass is 296 g/mol. The van der Waals surface area contributed by atoms with Gasteiger partial charge in [0.05, 0.1) is 0 Å². The quantitative estimate of drug-likeness (QED) is 0.457. The first kappa shape index (κ1) is 15.2. The molecule has 1 aromatic heterocycles.